The third-order valence-corrected chi connectivity index (χ3v) is 3.92. The number of anilines is 1. The summed E-state index contributed by atoms with van der Waals surface area (Å²) in [5.41, 5.74) is 0.511. The molecule has 1 heterocycles. The van der Waals surface area contributed by atoms with E-state index in [0.29, 0.717) is 24.9 Å². The Morgan fingerprint density at radius 1 is 1.38 bits per heavy atom. The van der Waals surface area contributed by atoms with Crippen LogP contribution in [0.3, 0.4) is 0 Å². The summed E-state index contributed by atoms with van der Waals surface area (Å²) < 4.78 is 33.5. The molecule has 1 aliphatic rings. The molecule has 1 aromatic carbocycles. The monoisotopic (exact) mass is 343 g/mol. The fourth-order valence-electron chi connectivity index (χ4n) is 2.73. The molecule has 1 unspecified atom stereocenters. The molecule has 0 aliphatic carbocycles. The fraction of sp³-hybridized carbons (Fsp3) is 0.562. The van der Waals surface area contributed by atoms with Gasteiger partial charge in [0.15, 0.2) is 0 Å². The molecule has 1 aromatic rings. The van der Waals surface area contributed by atoms with Crippen molar-refractivity contribution >= 4 is 11.7 Å². The Labute approximate surface area is 140 Å². The molecule has 24 heavy (non-hydrogen) atoms. The van der Waals surface area contributed by atoms with Gasteiger partial charge in [0.05, 0.1) is 6.61 Å². The molecule has 8 heteroatoms. The van der Waals surface area contributed by atoms with Crippen LogP contribution in [0, 0.1) is 0 Å². The highest BCUT2D eigenvalue weighted by Crippen LogP contribution is 2.18. The van der Waals surface area contributed by atoms with E-state index in [1.165, 1.54) is 24.3 Å². The first kappa shape index (κ1) is 18.4. The number of nitrogens with one attached hydrogen (secondary N) is 2. The molecule has 2 rings (SSSR count). The molecule has 6 nitrogen and oxygen atoms in total. The van der Waals surface area contributed by atoms with E-state index < -0.39 is 6.61 Å². The van der Waals surface area contributed by atoms with Gasteiger partial charge in [0.25, 0.3) is 0 Å². The van der Waals surface area contributed by atoms with Gasteiger partial charge in [-0.05, 0) is 43.7 Å². The average molecular weight is 343 g/mol. The van der Waals surface area contributed by atoms with Crippen molar-refractivity contribution in [3.05, 3.63) is 24.3 Å². The first-order valence-electron chi connectivity index (χ1n) is 7.91. The Hall–Kier alpha value is -1.93. The second kappa shape index (κ2) is 9.39. The largest absolute Gasteiger partial charge is 0.435 e. The maximum Gasteiger partial charge on any atom is 0.387 e. The van der Waals surface area contributed by atoms with Crippen molar-refractivity contribution in [1.29, 1.82) is 0 Å². The van der Waals surface area contributed by atoms with Gasteiger partial charge in [-0.2, -0.15) is 8.78 Å². The highest BCUT2D eigenvalue weighted by Gasteiger charge is 2.24. The molecule has 1 saturated heterocycles. The molecule has 0 spiro atoms. The number of halogens is 2. The zero-order valence-corrected chi connectivity index (χ0v) is 13.6. The minimum absolute atomic E-state index is 0.0516. The summed E-state index contributed by atoms with van der Waals surface area (Å²) in [6, 6.07) is 5.77. The van der Waals surface area contributed by atoms with Crippen LogP contribution >= 0.6 is 0 Å². The van der Waals surface area contributed by atoms with Crippen molar-refractivity contribution in [1.82, 2.24) is 10.2 Å². The van der Waals surface area contributed by atoms with Gasteiger partial charge < -0.3 is 20.1 Å². The van der Waals surface area contributed by atoms with Crippen LogP contribution in [0.2, 0.25) is 0 Å². The summed E-state index contributed by atoms with van der Waals surface area (Å²) in [5.74, 6) is 0.0516. The lowest BCUT2D eigenvalue weighted by atomic mass is 10.2. The molecular formula is C16H23F2N3O3. The Kier molecular flexibility index (Phi) is 7.20. The molecule has 0 saturated carbocycles. The van der Waals surface area contributed by atoms with Crippen LogP contribution in [0.15, 0.2) is 24.3 Å². The van der Waals surface area contributed by atoms with Crippen LogP contribution in [-0.4, -0.2) is 56.9 Å². The van der Waals surface area contributed by atoms with Crippen molar-refractivity contribution in [2.24, 2.45) is 0 Å². The summed E-state index contributed by atoms with van der Waals surface area (Å²) in [6.07, 6.45) is 2.16. The van der Waals surface area contributed by atoms with Crippen molar-refractivity contribution in [3.63, 3.8) is 0 Å². The number of likely N-dealkylation sites (tertiary alicyclic amines) is 1. The zero-order chi connectivity index (χ0) is 17.4. The van der Waals surface area contributed by atoms with E-state index in [-0.39, 0.29) is 11.8 Å². The summed E-state index contributed by atoms with van der Waals surface area (Å²) >= 11 is 0. The van der Waals surface area contributed by atoms with E-state index in [1.54, 1.807) is 7.11 Å². The quantitative estimate of drug-likeness (QED) is 0.761. The van der Waals surface area contributed by atoms with Crippen molar-refractivity contribution < 1.29 is 23.0 Å². The summed E-state index contributed by atoms with van der Waals surface area (Å²) in [4.78, 5) is 14.2. The molecule has 0 radical (unpaired) electrons. The molecule has 2 N–H and O–H groups in total. The van der Waals surface area contributed by atoms with Crippen molar-refractivity contribution in [2.75, 3.05) is 38.7 Å². The maximum absolute atomic E-state index is 12.1. The van der Waals surface area contributed by atoms with Gasteiger partial charge in [0.2, 0.25) is 0 Å². The Balaban J connectivity index is 1.74. The van der Waals surface area contributed by atoms with Crippen LogP contribution in [0.1, 0.15) is 12.8 Å². The summed E-state index contributed by atoms with van der Waals surface area (Å²) in [5, 5.41) is 5.51. The second-order valence-electron chi connectivity index (χ2n) is 5.56. The zero-order valence-electron chi connectivity index (χ0n) is 13.6. The van der Waals surface area contributed by atoms with Gasteiger partial charge in [-0.15, -0.1) is 0 Å². The molecule has 1 atom stereocenters. The lowest BCUT2D eigenvalue weighted by molar-refractivity contribution is -0.0498. The molecule has 134 valence electrons. The molecule has 1 fully saturated rings. The van der Waals surface area contributed by atoms with Crippen LogP contribution in [-0.2, 0) is 4.74 Å². The lowest BCUT2D eigenvalue weighted by Gasteiger charge is -2.24. The Morgan fingerprint density at radius 3 is 2.79 bits per heavy atom. The van der Waals surface area contributed by atoms with Crippen LogP contribution in [0.4, 0.5) is 19.3 Å². The number of hydrogen-bond donors (Lipinski definition) is 2. The summed E-state index contributed by atoms with van der Waals surface area (Å²) in [6.45, 7) is 0.246. The van der Waals surface area contributed by atoms with E-state index >= 15 is 0 Å². The van der Waals surface area contributed by atoms with Crippen LogP contribution < -0.4 is 15.4 Å². The smallest absolute Gasteiger partial charge is 0.387 e. The third kappa shape index (κ3) is 5.93. The third-order valence-electron chi connectivity index (χ3n) is 3.92. The van der Waals surface area contributed by atoms with Gasteiger partial charge in [0, 0.05) is 31.9 Å². The van der Waals surface area contributed by atoms with E-state index in [4.69, 9.17) is 4.74 Å². The van der Waals surface area contributed by atoms with E-state index in [2.05, 4.69) is 20.3 Å². The molecular weight excluding hydrogens is 320 g/mol. The molecule has 1 aliphatic heterocycles. The number of ether oxygens (including phenoxy) is 2. The highest BCUT2D eigenvalue weighted by molar-refractivity contribution is 5.89. The highest BCUT2D eigenvalue weighted by atomic mass is 19.3. The van der Waals surface area contributed by atoms with Gasteiger partial charge in [0.1, 0.15) is 5.75 Å². The number of carbonyl (C=O) groups excluding carboxylic acids is 1. The fourth-order valence-corrected chi connectivity index (χ4v) is 2.73. The van der Waals surface area contributed by atoms with Crippen LogP contribution in [0.5, 0.6) is 5.75 Å². The SMILES string of the molecule is COCCN1CCCC1CNC(=O)Nc1ccc(OC(F)F)cc1. The number of rotatable bonds is 8. The number of alkyl halides is 2. The van der Waals surface area contributed by atoms with Gasteiger partial charge in [-0.25, -0.2) is 4.79 Å². The number of urea groups is 1. The minimum Gasteiger partial charge on any atom is -0.435 e. The number of amides is 2. The molecule has 0 aromatic heterocycles. The van der Waals surface area contributed by atoms with Gasteiger partial charge >= 0.3 is 12.6 Å². The Morgan fingerprint density at radius 2 is 2.12 bits per heavy atom. The van der Waals surface area contributed by atoms with E-state index in [9.17, 15) is 13.6 Å². The van der Waals surface area contributed by atoms with E-state index in [0.717, 1.165) is 25.9 Å². The van der Waals surface area contributed by atoms with Crippen molar-refractivity contribution in [3.8, 4) is 5.75 Å². The number of carbonyl (C=O) groups is 1. The first-order valence-corrected chi connectivity index (χ1v) is 7.91. The predicted molar refractivity (Wildman–Crippen MR) is 86.6 cm³/mol. The Bertz CT molecular complexity index is 514. The van der Waals surface area contributed by atoms with E-state index in [1.807, 2.05) is 0 Å². The number of nitrogens with zero attached hydrogens (tertiary/aromatic N) is 1. The van der Waals surface area contributed by atoms with Gasteiger partial charge in [-0.3, -0.25) is 4.90 Å². The minimum atomic E-state index is -2.86. The van der Waals surface area contributed by atoms with Gasteiger partial charge in [-0.1, -0.05) is 0 Å². The first-order chi connectivity index (χ1) is 11.6. The second-order valence-corrected chi connectivity index (χ2v) is 5.56. The maximum atomic E-state index is 12.1. The average Bonchev–Trinajstić information content (AvgIpc) is 3.00. The predicted octanol–water partition coefficient (Wildman–Crippen LogP) is 2.52. The van der Waals surface area contributed by atoms with Crippen LogP contribution in [0.25, 0.3) is 0 Å². The van der Waals surface area contributed by atoms with Crippen molar-refractivity contribution in [2.45, 2.75) is 25.5 Å². The molecule has 0 bridgehead atoms. The molecule has 2 amide bonds. The lowest BCUT2D eigenvalue weighted by Crippen LogP contribution is -2.42. The number of benzene rings is 1. The topological polar surface area (TPSA) is 62.8 Å². The summed E-state index contributed by atoms with van der Waals surface area (Å²) in [7, 11) is 1.67. The number of hydrogen-bond acceptors (Lipinski definition) is 4. The normalized spacial score (nSPS) is 17.9. The standard InChI is InChI=1S/C16H23F2N3O3/c1-23-10-9-21-8-2-3-13(21)11-19-16(22)20-12-4-6-14(7-5-12)24-15(17)18/h4-7,13,15H,2-3,8-11H2,1H3,(H2,19,20,22). The number of methoxy groups -OCH3 is 1.